The summed E-state index contributed by atoms with van der Waals surface area (Å²) in [5.74, 6) is 0.768. The number of benzene rings is 1. The Morgan fingerprint density at radius 3 is 2.68 bits per heavy atom. The molecule has 0 aliphatic carbocycles. The second-order valence-corrected chi connectivity index (χ2v) is 4.55. The second-order valence-electron chi connectivity index (χ2n) is 4.55. The number of carbonyl (C=O) groups excluding carboxylic acids is 1. The van der Waals surface area contributed by atoms with Gasteiger partial charge in [-0.15, -0.1) is 0 Å². The van der Waals surface area contributed by atoms with Crippen LogP contribution >= 0.6 is 0 Å². The van der Waals surface area contributed by atoms with Crippen LogP contribution < -0.4 is 5.32 Å². The number of amides is 1. The highest BCUT2D eigenvalue weighted by Crippen LogP contribution is 2.18. The lowest BCUT2D eigenvalue weighted by Crippen LogP contribution is -2.28. The van der Waals surface area contributed by atoms with Crippen LogP contribution in [-0.4, -0.2) is 17.6 Å². The number of aryl methyl sites for hydroxylation is 1. The van der Waals surface area contributed by atoms with Gasteiger partial charge >= 0.3 is 0 Å². The van der Waals surface area contributed by atoms with Crippen molar-refractivity contribution in [3.05, 3.63) is 53.4 Å². The number of nitrogens with zero attached hydrogens (tertiary/aromatic N) is 1. The lowest BCUT2D eigenvalue weighted by molar-refractivity contribution is 0.0942. The van der Waals surface area contributed by atoms with E-state index in [-0.39, 0.29) is 5.91 Å². The summed E-state index contributed by atoms with van der Waals surface area (Å²) in [6, 6.07) is 11.8. The van der Waals surface area contributed by atoms with Gasteiger partial charge in [0, 0.05) is 18.5 Å². The van der Waals surface area contributed by atoms with E-state index in [4.69, 9.17) is 4.52 Å². The Kier molecular flexibility index (Phi) is 4.34. The van der Waals surface area contributed by atoms with E-state index in [1.165, 1.54) is 5.56 Å². The molecule has 4 heteroatoms. The van der Waals surface area contributed by atoms with Crippen LogP contribution in [0.15, 0.2) is 40.9 Å². The Labute approximate surface area is 112 Å². The van der Waals surface area contributed by atoms with E-state index in [9.17, 15) is 4.79 Å². The van der Waals surface area contributed by atoms with Crippen LogP contribution in [0, 0.1) is 6.92 Å². The zero-order valence-electron chi connectivity index (χ0n) is 11.2. The standard InChI is InChI=1S/C15H18N2O2/c1-3-12(13-7-5-4-6-8-13)10-16-15(18)14-9-11(2)19-17-14/h4-9,12H,3,10H2,1-2H3,(H,16,18). The van der Waals surface area contributed by atoms with Gasteiger partial charge in [0.2, 0.25) is 0 Å². The fourth-order valence-electron chi connectivity index (χ4n) is 2.00. The molecule has 0 aliphatic heterocycles. The number of nitrogens with one attached hydrogen (secondary N) is 1. The van der Waals surface area contributed by atoms with Crippen LogP contribution in [0.5, 0.6) is 0 Å². The quantitative estimate of drug-likeness (QED) is 0.897. The van der Waals surface area contributed by atoms with E-state index < -0.39 is 0 Å². The molecule has 1 N–H and O–H groups in total. The summed E-state index contributed by atoms with van der Waals surface area (Å²) >= 11 is 0. The molecule has 2 aromatic rings. The third kappa shape index (κ3) is 3.44. The molecule has 1 aromatic carbocycles. The van der Waals surface area contributed by atoms with Crippen molar-refractivity contribution < 1.29 is 9.32 Å². The molecule has 0 saturated heterocycles. The molecule has 1 heterocycles. The highest BCUT2D eigenvalue weighted by atomic mass is 16.5. The topological polar surface area (TPSA) is 55.1 Å². The van der Waals surface area contributed by atoms with Crippen molar-refractivity contribution in [2.24, 2.45) is 0 Å². The van der Waals surface area contributed by atoms with Gasteiger partial charge in [0.25, 0.3) is 5.91 Å². The maximum absolute atomic E-state index is 11.9. The van der Waals surface area contributed by atoms with Gasteiger partial charge in [-0.3, -0.25) is 4.79 Å². The monoisotopic (exact) mass is 258 g/mol. The van der Waals surface area contributed by atoms with E-state index in [1.54, 1.807) is 13.0 Å². The molecule has 0 fully saturated rings. The lowest BCUT2D eigenvalue weighted by atomic mass is 9.96. The number of rotatable bonds is 5. The van der Waals surface area contributed by atoms with Crippen molar-refractivity contribution in [2.45, 2.75) is 26.2 Å². The first-order chi connectivity index (χ1) is 9.20. The van der Waals surface area contributed by atoms with Crippen molar-refractivity contribution in [1.82, 2.24) is 10.5 Å². The highest BCUT2D eigenvalue weighted by Gasteiger charge is 2.14. The number of aromatic nitrogens is 1. The van der Waals surface area contributed by atoms with Crippen molar-refractivity contribution in [2.75, 3.05) is 6.54 Å². The average Bonchev–Trinajstić information content (AvgIpc) is 2.87. The van der Waals surface area contributed by atoms with Crippen LogP contribution in [0.25, 0.3) is 0 Å². The van der Waals surface area contributed by atoms with Gasteiger partial charge in [0.15, 0.2) is 5.69 Å². The normalized spacial score (nSPS) is 12.1. The van der Waals surface area contributed by atoms with E-state index >= 15 is 0 Å². The average molecular weight is 258 g/mol. The predicted octanol–water partition coefficient (Wildman–Crippen LogP) is 2.91. The van der Waals surface area contributed by atoms with Gasteiger partial charge in [0.1, 0.15) is 5.76 Å². The molecular formula is C15H18N2O2. The predicted molar refractivity (Wildman–Crippen MR) is 73.0 cm³/mol. The summed E-state index contributed by atoms with van der Waals surface area (Å²) in [6.45, 7) is 4.48. The van der Waals surface area contributed by atoms with E-state index in [2.05, 4.69) is 29.5 Å². The highest BCUT2D eigenvalue weighted by molar-refractivity contribution is 5.92. The number of carbonyl (C=O) groups is 1. The Morgan fingerprint density at radius 1 is 1.37 bits per heavy atom. The van der Waals surface area contributed by atoms with Gasteiger partial charge < -0.3 is 9.84 Å². The molecule has 0 saturated carbocycles. The van der Waals surface area contributed by atoms with Crippen LogP contribution in [0.4, 0.5) is 0 Å². The Hall–Kier alpha value is -2.10. The fourth-order valence-corrected chi connectivity index (χ4v) is 2.00. The van der Waals surface area contributed by atoms with E-state index in [0.29, 0.717) is 23.9 Å². The molecule has 1 amide bonds. The van der Waals surface area contributed by atoms with Crippen molar-refractivity contribution in [3.63, 3.8) is 0 Å². The Morgan fingerprint density at radius 2 is 2.11 bits per heavy atom. The minimum absolute atomic E-state index is 0.189. The van der Waals surface area contributed by atoms with Crippen molar-refractivity contribution in [3.8, 4) is 0 Å². The van der Waals surface area contributed by atoms with Gasteiger partial charge in [-0.05, 0) is 18.9 Å². The van der Waals surface area contributed by atoms with Gasteiger partial charge in [-0.25, -0.2) is 0 Å². The first kappa shape index (κ1) is 13.3. The zero-order valence-corrected chi connectivity index (χ0v) is 11.2. The third-order valence-electron chi connectivity index (χ3n) is 3.13. The molecule has 4 nitrogen and oxygen atoms in total. The molecule has 1 unspecified atom stereocenters. The van der Waals surface area contributed by atoms with Crippen LogP contribution in [0.2, 0.25) is 0 Å². The molecule has 0 bridgehead atoms. The molecule has 0 aliphatic rings. The summed E-state index contributed by atoms with van der Waals surface area (Å²) < 4.78 is 4.89. The minimum Gasteiger partial charge on any atom is -0.361 e. The SMILES string of the molecule is CCC(CNC(=O)c1cc(C)on1)c1ccccc1. The van der Waals surface area contributed by atoms with Gasteiger partial charge in [-0.2, -0.15) is 0 Å². The maximum atomic E-state index is 11.9. The summed E-state index contributed by atoms with van der Waals surface area (Å²) in [7, 11) is 0. The minimum atomic E-state index is -0.189. The molecule has 100 valence electrons. The lowest BCUT2D eigenvalue weighted by Gasteiger charge is -2.15. The first-order valence-electron chi connectivity index (χ1n) is 6.47. The van der Waals surface area contributed by atoms with Crippen molar-refractivity contribution in [1.29, 1.82) is 0 Å². The van der Waals surface area contributed by atoms with Crippen LogP contribution in [-0.2, 0) is 0 Å². The van der Waals surface area contributed by atoms with Gasteiger partial charge in [0.05, 0.1) is 0 Å². The molecular weight excluding hydrogens is 240 g/mol. The molecule has 2 rings (SSSR count). The van der Waals surface area contributed by atoms with Crippen LogP contribution in [0.1, 0.15) is 41.1 Å². The summed E-state index contributed by atoms with van der Waals surface area (Å²) in [5.41, 5.74) is 1.57. The number of hydrogen-bond donors (Lipinski definition) is 1. The molecule has 0 spiro atoms. The molecule has 1 atom stereocenters. The summed E-state index contributed by atoms with van der Waals surface area (Å²) in [6.07, 6.45) is 0.974. The molecule has 0 radical (unpaired) electrons. The number of hydrogen-bond acceptors (Lipinski definition) is 3. The summed E-state index contributed by atoms with van der Waals surface area (Å²) in [4.78, 5) is 11.9. The van der Waals surface area contributed by atoms with Crippen molar-refractivity contribution >= 4 is 5.91 Å². The third-order valence-corrected chi connectivity index (χ3v) is 3.13. The van der Waals surface area contributed by atoms with Crippen LogP contribution in [0.3, 0.4) is 0 Å². The molecule has 19 heavy (non-hydrogen) atoms. The Balaban J connectivity index is 1.95. The fraction of sp³-hybridized carbons (Fsp3) is 0.333. The molecule has 1 aromatic heterocycles. The Bertz CT molecular complexity index is 534. The first-order valence-corrected chi connectivity index (χ1v) is 6.47. The zero-order chi connectivity index (χ0) is 13.7. The van der Waals surface area contributed by atoms with Gasteiger partial charge in [-0.1, -0.05) is 42.4 Å². The smallest absolute Gasteiger partial charge is 0.273 e. The summed E-state index contributed by atoms with van der Waals surface area (Å²) in [5, 5.41) is 6.61. The van der Waals surface area contributed by atoms with E-state index in [0.717, 1.165) is 6.42 Å². The van der Waals surface area contributed by atoms with E-state index in [1.807, 2.05) is 18.2 Å². The second kappa shape index (κ2) is 6.18. The largest absolute Gasteiger partial charge is 0.361 e. The maximum Gasteiger partial charge on any atom is 0.273 e.